The third-order valence-electron chi connectivity index (χ3n) is 4.68. The van der Waals surface area contributed by atoms with E-state index in [0.717, 1.165) is 56.8 Å². The maximum absolute atomic E-state index is 6.24. The van der Waals surface area contributed by atoms with E-state index in [1.165, 1.54) is 27.5 Å². The molecule has 1 aliphatic carbocycles. The Bertz CT molecular complexity index is 743. The molecule has 3 rings (SSSR count). The first kappa shape index (κ1) is 16.9. The Morgan fingerprint density at radius 1 is 0.833 bits per heavy atom. The number of fused-ring (bicyclic) bond motifs is 2. The van der Waals surface area contributed by atoms with Crippen LogP contribution in [0.4, 0.5) is 0 Å². The van der Waals surface area contributed by atoms with Crippen molar-refractivity contribution in [2.75, 3.05) is 13.2 Å². The van der Waals surface area contributed by atoms with Crippen LogP contribution < -0.4 is 9.47 Å². The fourth-order valence-electron chi connectivity index (χ4n) is 3.43. The maximum atomic E-state index is 6.24. The Kier molecular flexibility index (Phi) is 5.44. The molecule has 0 fully saturated rings. The third kappa shape index (κ3) is 3.15. The summed E-state index contributed by atoms with van der Waals surface area (Å²) >= 11 is 0. The lowest BCUT2D eigenvalue weighted by molar-refractivity contribution is 0.309. The van der Waals surface area contributed by atoms with Crippen LogP contribution in [0.2, 0.25) is 0 Å². The molecule has 0 unspecified atom stereocenters. The first-order valence-electron chi connectivity index (χ1n) is 9.30. The van der Waals surface area contributed by atoms with Gasteiger partial charge in [0.25, 0.3) is 0 Å². The molecule has 0 amide bonds. The molecule has 0 saturated carbocycles. The molecule has 0 bridgehead atoms. The highest BCUT2D eigenvalue weighted by Crippen LogP contribution is 2.44. The lowest BCUT2D eigenvalue weighted by Crippen LogP contribution is -2.11. The molecule has 2 aromatic rings. The van der Waals surface area contributed by atoms with Gasteiger partial charge in [-0.3, -0.25) is 0 Å². The van der Waals surface area contributed by atoms with Gasteiger partial charge in [0.2, 0.25) is 0 Å². The quantitative estimate of drug-likeness (QED) is 0.595. The van der Waals surface area contributed by atoms with Crippen molar-refractivity contribution in [1.82, 2.24) is 0 Å². The molecule has 128 valence electrons. The Morgan fingerprint density at radius 2 is 1.42 bits per heavy atom. The van der Waals surface area contributed by atoms with Crippen LogP contribution in [0, 0.1) is 0 Å². The van der Waals surface area contributed by atoms with E-state index in [1.54, 1.807) is 0 Å². The van der Waals surface area contributed by atoms with E-state index in [-0.39, 0.29) is 0 Å². The van der Waals surface area contributed by atoms with E-state index in [0.29, 0.717) is 0 Å². The average molecular weight is 324 g/mol. The van der Waals surface area contributed by atoms with Gasteiger partial charge in [0.1, 0.15) is 11.5 Å². The molecule has 0 aromatic heterocycles. The molecular formula is C22H28O2. The zero-order chi connectivity index (χ0) is 16.9. The molecule has 24 heavy (non-hydrogen) atoms. The largest absolute Gasteiger partial charge is 0.493 e. The summed E-state index contributed by atoms with van der Waals surface area (Å²) in [5, 5.41) is 2.37. The molecule has 0 aliphatic heterocycles. The standard InChI is InChI=1S/C22H28O2/c1-4-13-23-21-17-9-7-8-10-18(17)22(24-14-5-2)20-15-16(6-3)11-12-19(20)21/h7-11H,4-6,12-15H2,1-3H3. The maximum Gasteiger partial charge on any atom is 0.131 e. The fraction of sp³-hybridized carbons (Fsp3) is 0.455. The fourth-order valence-corrected chi connectivity index (χ4v) is 3.43. The van der Waals surface area contributed by atoms with Gasteiger partial charge in [0, 0.05) is 21.9 Å². The van der Waals surface area contributed by atoms with Crippen molar-refractivity contribution in [2.24, 2.45) is 0 Å². The van der Waals surface area contributed by atoms with Gasteiger partial charge in [-0.05, 0) is 32.1 Å². The summed E-state index contributed by atoms with van der Waals surface area (Å²) in [5.41, 5.74) is 4.17. The second-order valence-electron chi connectivity index (χ2n) is 6.45. The first-order chi connectivity index (χ1) is 11.8. The van der Waals surface area contributed by atoms with Crippen molar-refractivity contribution in [3.63, 3.8) is 0 Å². The zero-order valence-corrected chi connectivity index (χ0v) is 15.2. The van der Waals surface area contributed by atoms with Gasteiger partial charge in [-0.25, -0.2) is 0 Å². The van der Waals surface area contributed by atoms with Crippen LogP contribution in [0.25, 0.3) is 10.8 Å². The van der Waals surface area contributed by atoms with Crippen LogP contribution in [0.1, 0.15) is 51.2 Å². The summed E-state index contributed by atoms with van der Waals surface area (Å²) in [4.78, 5) is 0. The summed E-state index contributed by atoms with van der Waals surface area (Å²) in [6.45, 7) is 8.07. The van der Waals surface area contributed by atoms with Gasteiger partial charge in [-0.2, -0.15) is 0 Å². The van der Waals surface area contributed by atoms with Gasteiger partial charge in [-0.1, -0.05) is 56.7 Å². The summed E-state index contributed by atoms with van der Waals surface area (Å²) in [6.07, 6.45) is 7.45. The number of rotatable bonds is 7. The lowest BCUT2D eigenvalue weighted by Gasteiger charge is -2.25. The van der Waals surface area contributed by atoms with Crippen molar-refractivity contribution < 1.29 is 9.47 Å². The molecular weight excluding hydrogens is 296 g/mol. The Balaban J connectivity index is 2.21. The highest BCUT2D eigenvalue weighted by atomic mass is 16.5. The van der Waals surface area contributed by atoms with Crippen LogP contribution >= 0.6 is 0 Å². The number of hydrogen-bond donors (Lipinski definition) is 0. The Morgan fingerprint density at radius 3 is 1.96 bits per heavy atom. The topological polar surface area (TPSA) is 18.5 Å². The van der Waals surface area contributed by atoms with Gasteiger partial charge < -0.3 is 9.47 Å². The van der Waals surface area contributed by atoms with Gasteiger partial charge in [0.15, 0.2) is 0 Å². The molecule has 0 heterocycles. The summed E-state index contributed by atoms with van der Waals surface area (Å²) < 4.78 is 12.4. The zero-order valence-electron chi connectivity index (χ0n) is 15.2. The van der Waals surface area contributed by atoms with Crippen LogP contribution in [-0.4, -0.2) is 13.2 Å². The predicted octanol–water partition coefficient (Wildman–Crippen LogP) is 5.85. The first-order valence-corrected chi connectivity index (χ1v) is 9.30. The van der Waals surface area contributed by atoms with Crippen molar-refractivity contribution in [3.05, 3.63) is 47.0 Å². The predicted molar refractivity (Wildman–Crippen MR) is 101 cm³/mol. The van der Waals surface area contributed by atoms with Crippen LogP contribution in [0.5, 0.6) is 11.5 Å². The lowest BCUT2D eigenvalue weighted by atomic mass is 9.86. The van der Waals surface area contributed by atoms with E-state index >= 15 is 0 Å². The van der Waals surface area contributed by atoms with E-state index < -0.39 is 0 Å². The van der Waals surface area contributed by atoms with Crippen molar-refractivity contribution in [1.29, 1.82) is 0 Å². The van der Waals surface area contributed by atoms with Crippen molar-refractivity contribution in [3.8, 4) is 11.5 Å². The molecule has 0 atom stereocenters. The van der Waals surface area contributed by atoms with Gasteiger partial charge in [-0.15, -0.1) is 0 Å². The van der Waals surface area contributed by atoms with E-state index in [2.05, 4.69) is 51.1 Å². The van der Waals surface area contributed by atoms with Crippen LogP contribution in [0.3, 0.4) is 0 Å². The van der Waals surface area contributed by atoms with Gasteiger partial charge in [0.05, 0.1) is 13.2 Å². The summed E-state index contributed by atoms with van der Waals surface area (Å²) in [6, 6.07) is 8.52. The third-order valence-corrected chi connectivity index (χ3v) is 4.68. The average Bonchev–Trinajstić information content (AvgIpc) is 2.64. The highest BCUT2D eigenvalue weighted by Gasteiger charge is 2.23. The molecule has 0 N–H and O–H groups in total. The minimum absolute atomic E-state index is 0.760. The molecule has 0 spiro atoms. The Hall–Kier alpha value is -1.96. The summed E-state index contributed by atoms with van der Waals surface area (Å²) in [7, 11) is 0. The second-order valence-corrected chi connectivity index (χ2v) is 6.45. The van der Waals surface area contributed by atoms with Crippen molar-refractivity contribution >= 4 is 10.8 Å². The van der Waals surface area contributed by atoms with E-state index in [4.69, 9.17) is 9.47 Å². The van der Waals surface area contributed by atoms with Crippen molar-refractivity contribution in [2.45, 2.75) is 52.9 Å². The van der Waals surface area contributed by atoms with Crippen LogP contribution in [0.15, 0.2) is 35.9 Å². The monoisotopic (exact) mass is 324 g/mol. The van der Waals surface area contributed by atoms with Crippen LogP contribution in [-0.2, 0) is 12.8 Å². The molecule has 1 aliphatic rings. The van der Waals surface area contributed by atoms with Gasteiger partial charge >= 0.3 is 0 Å². The highest BCUT2D eigenvalue weighted by molar-refractivity contribution is 5.96. The number of ether oxygens (including phenoxy) is 2. The SMILES string of the molecule is CCCOc1c2c(c(OCCC)c3ccccc13)CC(CC)=CC2. The number of benzene rings is 2. The second kappa shape index (κ2) is 7.74. The normalized spacial score (nSPS) is 13.5. The van der Waals surface area contributed by atoms with E-state index in [1.807, 2.05) is 0 Å². The molecule has 2 nitrogen and oxygen atoms in total. The summed E-state index contributed by atoms with van der Waals surface area (Å²) in [5.74, 6) is 2.14. The molecule has 2 aromatic carbocycles. The minimum Gasteiger partial charge on any atom is -0.493 e. The van der Waals surface area contributed by atoms with E-state index in [9.17, 15) is 0 Å². The number of allylic oxidation sites excluding steroid dienone is 2. The Labute approximate surface area is 145 Å². The molecule has 2 heteroatoms. The number of hydrogen-bond acceptors (Lipinski definition) is 2. The minimum atomic E-state index is 0.760. The molecule has 0 radical (unpaired) electrons. The smallest absolute Gasteiger partial charge is 0.131 e. The molecule has 0 saturated heterocycles.